The largest absolute Gasteiger partial charge is 0.495 e. The maximum Gasteiger partial charge on any atom is 0.249 e. The second-order valence-electron chi connectivity index (χ2n) is 5.86. The minimum atomic E-state index is -3.71. The summed E-state index contributed by atoms with van der Waals surface area (Å²) in [5, 5.41) is 0. The van der Waals surface area contributed by atoms with Crippen molar-refractivity contribution in [1.29, 1.82) is 0 Å². The van der Waals surface area contributed by atoms with Gasteiger partial charge in [0.25, 0.3) is 0 Å². The van der Waals surface area contributed by atoms with Crippen molar-refractivity contribution in [2.75, 3.05) is 13.7 Å². The van der Waals surface area contributed by atoms with Crippen LogP contribution >= 0.6 is 0 Å². The van der Waals surface area contributed by atoms with Crippen LogP contribution in [0.2, 0.25) is 0 Å². The van der Waals surface area contributed by atoms with Gasteiger partial charge in [-0.25, -0.2) is 8.42 Å². The fourth-order valence-corrected chi connectivity index (χ4v) is 4.68. The first kappa shape index (κ1) is 17.0. The minimum absolute atomic E-state index is 0.175. The molecule has 6 heteroatoms. The van der Waals surface area contributed by atoms with Crippen LogP contribution in [0.1, 0.15) is 24.2 Å². The molecule has 2 aromatic rings. The first-order chi connectivity index (χ1) is 11.4. The summed E-state index contributed by atoms with van der Waals surface area (Å²) in [7, 11) is -2.24. The van der Waals surface area contributed by atoms with E-state index in [1.807, 2.05) is 43.3 Å². The highest BCUT2D eigenvalue weighted by Gasteiger charge is 2.40. The standard InChI is InChI=1S/C18H21NO4S/c1-13-9-10-16(22-3)18(11-13)24(20,21)19-12-17(23-14(19)2)15-7-5-4-6-8-15/h4-11,14,17H,12H2,1-3H3. The lowest BCUT2D eigenvalue weighted by Crippen LogP contribution is -2.34. The Morgan fingerprint density at radius 3 is 2.54 bits per heavy atom. The van der Waals surface area contributed by atoms with Crippen LogP contribution in [0.5, 0.6) is 5.75 Å². The minimum Gasteiger partial charge on any atom is -0.495 e. The summed E-state index contributed by atoms with van der Waals surface area (Å²) in [5.41, 5.74) is 1.83. The number of methoxy groups -OCH3 is 1. The van der Waals surface area contributed by atoms with E-state index >= 15 is 0 Å². The molecule has 0 saturated carbocycles. The zero-order valence-corrected chi connectivity index (χ0v) is 14.8. The molecule has 2 aromatic carbocycles. The third kappa shape index (κ3) is 3.05. The number of hydrogen-bond donors (Lipinski definition) is 0. The van der Waals surface area contributed by atoms with Crippen molar-refractivity contribution in [3.05, 3.63) is 59.7 Å². The summed E-state index contributed by atoms with van der Waals surface area (Å²) < 4.78 is 38.8. The molecule has 1 fully saturated rings. The van der Waals surface area contributed by atoms with Crippen LogP contribution in [-0.2, 0) is 14.8 Å². The lowest BCUT2D eigenvalue weighted by molar-refractivity contribution is 0.0344. The molecule has 24 heavy (non-hydrogen) atoms. The van der Waals surface area contributed by atoms with Crippen molar-refractivity contribution in [2.24, 2.45) is 0 Å². The molecule has 1 saturated heterocycles. The van der Waals surface area contributed by atoms with E-state index in [4.69, 9.17) is 9.47 Å². The average molecular weight is 347 g/mol. The van der Waals surface area contributed by atoms with Crippen LogP contribution in [0, 0.1) is 6.92 Å². The van der Waals surface area contributed by atoms with Gasteiger partial charge in [0.2, 0.25) is 10.0 Å². The van der Waals surface area contributed by atoms with Gasteiger partial charge in [-0.2, -0.15) is 4.31 Å². The predicted octanol–water partition coefficient (Wildman–Crippen LogP) is 3.11. The van der Waals surface area contributed by atoms with Crippen LogP contribution in [0.4, 0.5) is 0 Å². The molecule has 1 heterocycles. The third-order valence-electron chi connectivity index (χ3n) is 4.19. The van der Waals surface area contributed by atoms with Crippen LogP contribution < -0.4 is 4.74 Å². The van der Waals surface area contributed by atoms with Crippen LogP contribution in [0.25, 0.3) is 0 Å². The maximum atomic E-state index is 13.1. The molecule has 2 unspecified atom stereocenters. The Bertz CT molecular complexity index is 820. The van der Waals surface area contributed by atoms with E-state index < -0.39 is 16.3 Å². The highest BCUT2D eigenvalue weighted by Crippen LogP contribution is 2.35. The van der Waals surface area contributed by atoms with Gasteiger partial charge in [-0.05, 0) is 37.1 Å². The van der Waals surface area contributed by atoms with Gasteiger partial charge in [0.15, 0.2) is 0 Å². The number of benzene rings is 2. The molecule has 0 aliphatic carbocycles. The van der Waals surface area contributed by atoms with E-state index in [1.54, 1.807) is 19.1 Å². The van der Waals surface area contributed by atoms with E-state index in [0.29, 0.717) is 5.75 Å². The SMILES string of the molecule is COc1ccc(C)cc1S(=O)(=O)N1CC(c2ccccc2)OC1C. The highest BCUT2D eigenvalue weighted by molar-refractivity contribution is 7.89. The Morgan fingerprint density at radius 2 is 1.88 bits per heavy atom. The average Bonchev–Trinajstić information content (AvgIpc) is 2.98. The van der Waals surface area contributed by atoms with Gasteiger partial charge >= 0.3 is 0 Å². The van der Waals surface area contributed by atoms with Crippen molar-refractivity contribution in [2.45, 2.75) is 31.1 Å². The molecule has 5 nitrogen and oxygen atoms in total. The molecule has 0 aromatic heterocycles. The Balaban J connectivity index is 1.95. The first-order valence-corrected chi connectivity index (χ1v) is 9.24. The van der Waals surface area contributed by atoms with Gasteiger partial charge in [0.1, 0.15) is 16.9 Å². The van der Waals surface area contributed by atoms with Crippen molar-refractivity contribution in [3.8, 4) is 5.75 Å². The molecule has 2 atom stereocenters. The number of sulfonamides is 1. The number of aryl methyl sites for hydroxylation is 1. The van der Waals surface area contributed by atoms with Crippen LogP contribution in [0.3, 0.4) is 0 Å². The lowest BCUT2D eigenvalue weighted by atomic mass is 10.1. The van der Waals surface area contributed by atoms with E-state index in [0.717, 1.165) is 11.1 Å². The molecule has 0 radical (unpaired) electrons. The van der Waals surface area contributed by atoms with E-state index in [2.05, 4.69) is 0 Å². The Kier molecular flexibility index (Phi) is 4.62. The van der Waals surface area contributed by atoms with Crippen molar-refractivity contribution in [1.82, 2.24) is 4.31 Å². The number of rotatable bonds is 4. The Morgan fingerprint density at radius 1 is 1.17 bits per heavy atom. The fraction of sp³-hybridized carbons (Fsp3) is 0.333. The zero-order chi connectivity index (χ0) is 17.3. The smallest absolute Gasteiger partial charge is 0.249 e. The van der Waals surface area contributed by atoms with Crippen molar-refractivity contribution in [3.63, 3.8) is 0 Å². The van der Waals surface area contributed by atoms with Gasteiger partial charge in [-0.15, -0.1) is 0 Å². The summed E-state index contributed by atoms with van der Waals surface area (Å²) in [5.74, 6) is 0.343. The molecular weight excluding hydrogens is 326 g/mol. The van der Waals surface area contributed by atoms with Gasteiger partial charge in [0, 0.05) is 6.54 Å². The molecule has 1 aliphatic heterocycles. The quantitative estimate of drug-likeness (QED) is 0.853. The number of nitrogens with zero attached hydrogens (tertiary/aromatic N) is 1. The molecule has 0 N–H and O–H groups in total. The fourth-order valence-electron chi connectivity index (χ4n) is 2.92. The highest BCUT2D eigenvalue weighted by atomic mass is 32.2. The molecule has 0 amide bonds. The molecule has 1 aliphatic rings. The topological polar surface area (TPSA) is 55.8 Å². The third-order valence-corrected chi connectivity index (χ3v) is 6.13. The summed E-state index contributed by atoms with van der Waals surface area (Å²) >= 11 is 0. The second-order valence-corrected chi connectivity index (χ2v) is 7.72. The van der Waals surface area contributed by atoms with E-state index in [1.165, 1.54) is 11.4 Å². The Hall–Kier alpha value is -1.89. The maximum absolute atomic E-state index is 13.1. The summed E-state index contributed by atoms with van der Waals surface area (Å²) in [6.45, 7) is 3.89. The van der Waals surface area contributed by atoms with Crippen molar-refractivity contribution >= 4 is 10.0 Å². The molecule has 0 spiro atoms. The second kappa shape index (κ2) is 6.55. The molecular formula is C18H21NO4S. The van der Waals surface area contributed by atoms with Crippen molar-refractivity contribution < 1.29 is 17.9 Å². The Labute approximate surface area is 142 Å². The molecule has 0 bridgehead atoms. The van der Waals surface area contributed by atoms with Gasteiger partial charge in [-0.1, -0.05) is 36.4 Å². The van der Waals surface area contributed by atoms with E-state index in [9.17, 15) is 8.42 Å². The predicted molar refractivity (Wildman–Crippen MR) is 91.4 cm³/mol. The molecule has 3 rings (SSSR count). The first-order valence-electron chi connectivity index (χ1n) is 7.80. The summed E-state index contributed by atoms with van der Waals surface area (Å²) in [6, 6.07) is 14.8. The molecule has 128 valence electrons. The van der Waals surface area contributed by atoms with Gasteiger partial charge in [0.05, 0.1) is 13.2 Å². The zero-order valence-electron chi connectivity index (χ0n) is 14.0. The monoisotopic (exact) mass is 347 g/mol. The summed E-state index contributed by atoms with van der Waals surface area (Å²) in [4.78, 5) is 0.175. The number of hydrogen-bond acceptors (Lipinski definition) is 4. The van der Waals surface area contributed by atoms with E-state index in [-0.39, 0.29) is 17.5 Å². The summed E-state index contributed by atoms with van der Waals surface area (Å²) in [6.07, 6.45) is -0.808. The van der Waals surface area contributed by atoms with Crippen LogP contribution in [-0.4, -0.2) is 32.6 Å². The lowest BCUT2D eigenvalue weighted by Gasteiger charge is -2.20. The van der Waals surface area contributed by atoms with Gasteiger partial charge < -0.3 is 9.47 Å². The normalized spacial score (nSPS) is 21.8. The van der Waals surface area contributed by atoms with Crippen LogP contribution in [0.15, 0.2) is 53.4 Å². The van der Waals surface area contributed by atoms with Gasteiger partial charge in [-0.3, -0.25) is 0 Å². The number of ether oxygens (including phenoxy) is 2.